The summed E-state index contributed by atoms with van der Waals surface area (Å²) in [5, 5.41) is 3.41. The third-order valence-electron chi connectivity index (χ3n) is 7.18. The second-order valence-electron chi connectivity index (χ2n) is 9.47. The van der Waals surface area contributed by atoms with E-state index in [1.807, 2.05) is 18.3 Å². The Balaban J connectivity index is 1.40. The van der Waals surface area contributed by atoms with Crippen molar-refractivity contribution >= 4 is 5.91 Å². The lowest BCUT2D eigenvalue weighted by Gasteiger charge is -2.39. The highest BCUT2D eigenvalue weighted by atomic mass is 16.1. The molecular weight excluding hydrogens is 358 g/mol. The molecule has 0 radical (unpaired) electrons. The predicted octanol–water partition coefficient (Wildman–Crippen LogP) is 4.89. The van der Waals surface area contributed by atoms with Gasteiger partial charge in [-0.15, -0.1) is 0 Å². The number of hydrogen-bond acceptors (Lipinski definition) is 3. The van der Waals surface area contributed by atoms with Crippen LogP contribution in [0, 0.1) is 17.8 Å². The zero-order chi connectivity index (χ0) is 19.9. The molecule has 1 amide bonds. The zero-order valence-corrected chi connectivity index (χ0v) is 17.8. The number of carbonyl (C=O) groups excluding carboxylic acids is 1. The number of hydrogen-bond donors (Lipinski definition) is 1. The monoisotopic (exact) mass is 395 g/mol. The van der Waals surface area contributed by atoms with Gasteiger partial charge in [0.15, 0.2) is 0 Å². The van der Waals surface area contributed by atoms with E-state index in [1.54, 1.807) is 0 Å². The maximum atomic E-state index is 12.9. The first-order valence-corrected chi connectivity index (χ1v) is 11.9. The van der Waals surface area contributed by atoms with E-state index in [0.29, 0.717) is 18.3 Å². The fraction of sp³-hybridized carbons (Fsp3) is 0.680. The molecule has 0 aromatic carbocycles. The summed E-state index contributed by atoms with van der Waals surface area (Å²) < 4.78 is 0. The van der Waals surface area contributed by atoms with Crippen molar-refractivity contribution in [1.29, 1.82) is 0 Å². The van der Waals surface area contributed by atoms with Crippen LogP contribution in [0.3, 0.4) is 0 Å². The molecule has 2 aliphatic carbocycles. The van der Waals surface area contributed by atoms with Gasteiger partial charge >= 0.3 is 0 Å². The van der Waals surface area contributed by atoms with Crippen LogP contribution >= 0.6 is 0 Å². The second kappa shape index (κ2) is 10.4. The molecule has 2 heterocycles. The molecule has 1 N–H and O–H groups in total. The summed E-state index contributed by atoms with van der Waals surface area (Å²) in [4.78, 5) is 20.2. The number of nitrogens with one attached hydrogen (secondary N) is 1. The zero-order valence-electron chi connectivity index (χ0n) is 17.8. The molecule has 4 nitrogen and oxygen atoms in total. The molecule has 158 valence electrons. The number of nitrogens with zero attached hydrogens (tertiary/aromatic N) is 2. The average Bonchev–Trinajstić information content (AvgIpc) is 3.26. The number of amides is 1. The largest absolute Gasteiger partial charge is 0.347 e. The molecule has 4 heteroatoms. The van der Waals surface area contributed by atoms with E-state index in [1.165, 1.54) is 70.9 Å². The molecule has 3 aliphatic rings. The third kappa shape index (κ3) is 5.91. The lowest BCUT2D eigenvalue weighted by Crippen LogP contribution is -2.44. The Hall–Kier alpha value is -1.68. The number of aromatic nitrogens is 1. The van der Waals surface area contributed by atoms with Crippen molar-refractivity contribution in [1.82, 2.24) is 15.2 Å². The molecular formula is C25H37N3O. The highest BCUT2D eigenvalue weighted by molar-refractivity contribution is 5.76. The Morgan fingerprint density at radius 1 is 1.10 bits per heavy atom. The number of allylic oxidation sites excluding steroid dienone is 2. The molecule has 1 aromatic heterocycles. The predicted molar refractivity (Wildman–Crippen MR) is 117 cm³/mol. The van der Waals surface area contributed by atoms with Crippen molar-refractivity contribution < 1.29 is 4.79 Å². The van der Waals surface area contributed by atoms with Gasteiger partial charge < -0.3 is 10.2 Å². The molecule has 0 unspecified atom stereocenters. The van der Waals surface area contributed by atoms with E-state index in [9.17, 15) is 4.79 Å². The lowest BCUT2D eigenvalue weighted by atomic mass is 9.86. The number of carbonyl (C=O) groups is 1. The highest BCUT2D eigenvalue weighted by Crippen LogP contribution is 2.32. The molecule has 2 fully saturated rings. The van der Waals surface area contributed by atoms with Crippen LogP contribution in [-0.4, -0.2) is 35.4 Å². The molecule has 0 bridgehead atoms. The minimum Gasteiger partial charge on any atom is -0.347 e. The van der Waals surface area contributed by atoms with E-state index in [2.05, 4.69) is 33.4 Å². The van der Waals surface area contributed by atoms with E-state index < -0.39 is 0 Å². The standard InChI is InChI=1S/C25H37N3O/c29-24(17-20-9-4-5-10-20)27-25(23-14-6-7-15-26-23)22-13-8-16-28(19-22)18-21-11-2-1-3-12-21/h1-2,6-7,14-15,20-22,25H,3-5,8-13,16-19H2,(H,27,29)/t21-,22-,25+/m0/s1. The van der Waals surface area contributed by atoms with Crippen LogP contribution in [0.15, 0.2) is 36.5 Å². The van der Waals surface area contributed by atoms with Crippen molar-refractivity contribution in [3.63, 3.8) is 0 Å². The van der Waals surface area contributed by atoms with Gasteiger partial charge in [0, 0.05) is 25.7 Å². The summed E-state index contributed by atoms with van der Waals surface area (Å²) in [7, 11) is 0. The van der Waals surface area contributed by atoms with Gasteiger partial charge in [-0.2, -0.15) is 0 Å². The highest BCUT2D eigenvalue weighted by Gasteiger charge is 2.31. The van der Waals surface area contributed by atoms with Crippen LogP contribution < -0.4 is 5.32 Å². The minimum absolute atomic E-state index is 0.0409. The van der Waals surface area contributed by atoms with Crippen molar-refractivity contribution in [3.8, 4) is 0 Å². The molecule has 0 spiro atoms. The van der Waals surface area contributed by atoms with Gasteiger partial charge in [-0.25, -0.2) is 0 Å². The van der Waals surface area contributed by atoms with Crippen LogP contribution in [0.5, 0.6) is 0 Å². The smallest absolute Gasteiger partial charge is 0.220 e. The molecule has 4 rings (SSSR count). The second-order valence-corrected chi connectivity index (χ2v) is 9.47. The molecule has 1 saturated carbocycles. The number of rotatable bonds is 7. The summed E-state index contributed by atoms with van der Waals surface area (Å²) in [5.74, 6) is 2.05. The van der Waals surface area contributed by atoms with Gasteiger partial charge in [0.25, 0.3) is 0 Å². The van der Waals surface area contributed by atoms with E-state index in [0.717, 1.165) is 18.2 Å². The number of pyridine rings is 1. The van der Waals surface area contributed by atoms with Gasteiger partial charge in [-0.1, -0.05) is 31.1 Å². The first-order valence-electron chi connectivity index (χ1n) is 11.9. The van der Waals surface area contributed by atoms with E-state index in [-0.39, 0.29) is 11.9 Å². The summed E-state index contributed by atoms with van der Waals surface area (Å²) >= 11 is 0. The maximum Gasteiger partial charge on any atom is 0.220 e. The molecule has 1 aliphatic heterocycles. The number of likely N-dealkylation sites (tertiary alicyclic amines) is 1. The van der Waals surface area contributed by atoms with Crippen molar-refractivity contribution in [3.05, 3.63) is 42.2 Å². The Labute approximate surface area is 176 Å². The van der Waals surface area contributed by atoms with Gasteiger partial charge in [0.1, 0.15) is 0 Å². The summed E-state index contributed by atoms with van der Waals surface area (Å²) in [5.41, 5.74) is 1.03. The quantitative estimate of drug-likeness (QED) is 0.669. The Kier molecular flexibility index (Phi) is 7.37. The van der Waals surface area contributed by atoms with E-state index >= 15 is 0 Å². The van der Waals surface area contributed by atoms with Crippen LogP contribution in [-0.2, 0) is 4.79 Å². The Bertz CT molecular complexity index is 668. The van der Waals surface area contributed by atoms with E-state index in [4.69, 9.17) is 0 Å². The summed E-state index contributed by atoms with van der Waals surface area (Å²) in [6.07, 6.45) is 18.4. The normalized spacial score (nSPS) is 27.0. The average molecular weight is 396 g/mol. The Morgan fingerprint density at radius 3 is 2.76 bits per heavy atom. The molecule has 1 aromatic rings. The van der Waals surface area contributed by atoms with Crippen molar-refractivity contribution in [2.75, 3.05) is 19.6 Å². The summed E-state index contributed by atoms with van der Waals surface area (Å²) in [6, 6.07) is 6.14. The number of piperidine rings is 1. The lowest BCUT2D eigenvalue weighted by molar-refractivity contribution is -0.123. The van der Waals surface area contributed by atoms with Gasteiger partial charge in [-0.3, -0.25) is 9.78 Å². The maximum absolute atomic E-state index is 12.9. The van der Waals surface area contributed by atoms with Gasteiger partial charge in [0.05, 0.1) is 11.7 Å². The topological polar surface area (TPSA) is 45.2 Å². The minimum atomic E-state index is 0.0409. The van der Waals surface area contributed by atoms with Crippen molar-refractivity contribution in [2.24, 2.45) is 17.8 Å². The molecule has 29 heavy (non-hydrogen) atoms. The summed E-state index contributed by atoms with van der Waals surface area (Å²) in [6.45, 7) is 3.47. The Morgan fingerprint density at radius 2 is 2.00 bits per heavy atom. The molecule has 1 saturated heterocycles. The first kappa shape index (κ1) is 20.6. The van der Waals surface area contributed by atoms with Gasteiger partial charge in [-0.05, 0) is 81.4 Å². The van der Waals surface area contributed by atoms with Crippen LogP contribution in [0.4, 0.5) is 0 Å². The SMILES string of the molecule is O=C(CC1CCCC1)N[C@@H](c1ccccn1)[C@H]1CCCN(C[C@H]2CC=CCC2)C1. The van der Waals surface area contributed by atoms with Crippen LogP contribution in [0.2, 0.25) is 0 Å². The molecule has 3 atom stereocenters. The van der Waals surface area contributed by atoms with Crippen LogP contribution in [0.1, 0.15) is 75.9 Å². The first-order chi connectivity index (χ1) is 14.3. The van der Waals surface area contributed by atoms with Crippen molar-refractivity contribution in [2.45, 2.75) is 70.3 Å². The van der Waals surface area contributed by atoms with Crippen LogP contribution in [0.25, 0.3) is 0 Å². The third-order valence-corrected chi connectivity index (χ3v) is 7.18. The van der Waals surface area contributed by atoms with Gasteiger partial charge in [0.2, 0.25) is 5.91 Å². The fourth-order valence-corrected chi connectivity index (χ4v) is 5.62. The fourth-order valence-electron chi connectivity index (χ4n) is 5.62.